The monoisotopic (exact) mass is 383 g/mol. The lowest BCUT2D eigenvalue weighted by Crippen LogP contribution is -2.34. The third kappa shape index (κ3) is 5.53. The van der Waals surface area contributed by atoms with Crippen LogP contribution in [0.15, 0.2) is 47.6 Å². The summed E-state index contributed by atoms with van der Waals surface area (Å²) in [7, 11) is 0. The standard InChI is InChI=1S/C16H12Cl3N3O2/c17-12-3-1-2-10(6-12)8-21-22-15(23)9-20-16(24)11-4-5-13(18)14(19)7-11/h1-8H,9H2,(H,20,24)(H,22,23)/b21-8-. The van der Waals surface area contributed by atoms with Gasteiger partial charge in [0.1, 0.15) is 0 Å². The van der Waals surface area contributed by atoms with Crippen molar-refractivity contribution >= 4 is 52.8 Å². The average molecular weight is 385 g/mol. The number of nitrogens with zero attached hydrogens (tertiary/aromatic N) is 1. The van der Waals surface area contributed by atoms with E-state index in [1.807, 2.05) is 0 Å². The largest absolute Gasteiger partial charge is 0.343 e. The number of hydrogen-bond donors (Lipinski definition) is 2. The average Bonchev–Trinajstić information content (AvgIpc) is 2.55. The van der Waals surface area contributed by atoms with Gasteiger partial charge in [0.25, 0.3) is 11.8 Å². The normalized spacial score (nSPS) is 10.6. The van der Waals surface area contributed by atoms with E-state index in [0.717, 1.165) is 5.56 Å². The smallest absolute Gasteiger partial charge is 0.259 e. The van der Waals surface area contributed by atoms with E-state index in [9.17, 15) is 9.59 Å². The van der Waals surface area contributed by atoms with Gasteiger partial charge in [-0.2, -0.15) is 5.10 Å². The second-order valence-electron chi connectivity index (χ2n) is 4.66. The third-order valence-electron chi connectivity index (χ3n) is 2.84. The zero-order valence-electron chi connectivity index (χ0n) is 12.2. The summed E-state index contributed by atoms with van der Waals surface area (Å²) in [5.41, 5.74) is 3.35. The van der Waals surface area contributed by atoms with Crippen molar-refractivity contribution in [2.24, 2.45) is 5.10 Å². The minimum Gasteiger partial charge on any atom is -0.343 e. The molecule has 5 nitrogen and oxygen atoms in total. The number of nitrogens with one attached hydrogen (secondary N) is 2. The van der Waals surface area contributed by atoms with Crippen LogP contribution in [0.2, 0.25) is 15.1 Å². The second kappa shape index (κ2) is 8.68. The second-order valence-corrected chi connectivity index (χ2v) is 5.91. The Labute approximate surface area is 153 Å². The van der Waals surface area contributed by atoms with Crippen LogP contribution in [0.4, 0.5) is 0 Å². The van der Waals surface area contributed by atoms with Crippen molar-refractivity contribution in [3.8, 4) is 0 Å². The molecule has 0 saturated heterocycles. The van der Waals surface area contributed by atoms with Gasteiger partial charge in [0.15, 0.2) is 0 Å². The first kappa shape index (κ1) is 18.3. The van der Waals surface area contributed by atoms with Crippen molar-refractivity contribution in [3.63, 3.8) is 0 Å². The molecule has 0 saturated carbocycles. The highest BCUT2D eigenvalue weighted by Gasteiger charge is 2.09. The summed E-state index contributed by atoms with van der Waals surface area (Å²) in [5, 5.41) is 7.42. The van der Waals surface area contributed by atoms with E-state index in [2.05, 4.69) is 15.8 Å². The van der Waals surface area contributed by atoms with E-state index in [0.29, 0.717) is 15.6 Å². The summed E-state index contributed by atoms with van der Waals surface area (Å²) >= 11 is 17.5. The maximum absolute atomic E-state index is 11.9. The number of benzene rings is 2. The van der Waals surface area contributed by atoms with Gasteiger partial charge in [-0.15, -0.1) is 0 Å². The zero-order chi connectivity index (χ0) is 17.5. The summed E-state index contributed by atoms with van der Waals surface area (Å²) in [5.74, 6) is -0.913. The lowest BCUT2D eigenvalue weighted by atomic mass is 10.2. The lowest BCUT2D eigenvalue weighted by molar-refractivity contribution is -0.120. The molecule has 0 aliphatic rings. The van der Waals surface area contributed by atoms with Crippen LogP contribution in [0.5, 0.6) is 0 Å². The van der Waals surface area contributed by atoms with Crippen molar-refractivity contribution < 1.29 is 9.59 Å². The molecule has 2 aromatic rings. The van der Waals surface area contributed by atoms with E-state index in [1.165, 1.54) is 24.4 Å². The van der Waals surface area contributed by atoms with Crippen molar-refractivity contribution in [2.45, 2.75) is 0 Å². The highest BCUT2D eigenvalue weighted by molar-refractivity contribution is 6.42. The molecule has 8 heteroatoms. The van der Waals surface area contributed by atoms with Gasteiger partial charge in [0, 0.05) is 10.6 Å². The molecule has 0 unspecified atom stereocenters. The number of carbonyl (C=O) groups is 2. The van der Waals surface area contributed by atoms with Gasteiger partial charge in [-0.05, 0) is 35.9 Å². The Kier molecular flexibility index (Phi) is 6.61. The molecule has 0 aromatic heterocycles. The van der Waals surface area contributed by atoms with Gasteiger partial charge in [-0.25, -0.2) is 5.43 Å². The fourth-order valence-electron chi connectivity index (χ4n) is 1.71. The van der Waals surface area contributed by atoms with Crippen LogP contribution in [0.25, 0.3) is 0 Å². The van der Waals surface area contributed by atoms with E-state index in [-0.39, 0.29) is 11.6 Å². The highest BCUT2D eigenvalue weighted by atomic mass is 35.5. The number of hydrazone groups is 1. The quantitative estimate of drug-likeness (QED) is 0.611. The number of rotatable bonds is 5. The molecule has 2 N–H and O–H groups in total. The minimum absolute atomic E-state index is 0.230. The summed E-state index contributed by atoms with van der Waals surface area (Å²) in [4.78, 5) is 23.5. The molecule has 24 heavy (non-hydrogen) atoms. The zero-order valence-corrected chi connectivity index (χ0v) is 14.5. The van der Waals surface area contributed by atoms with Crippen LogP contribution in [0, 0.1) is 0 Å². The van der Waals surface area contributed by atoms with Crippen LogP contribution in [-0.2, 0) is 4.79 Å². The topological polar surface area (TPSA) is 70.6 Å². The predicted molar refractivity (Wildman–Crippen MR) is 96.0 cm³/mol. The van der Waals surface area contributed by atoms with Crippen molar-refractivity contribution in [3.05, 3.63) is 68.7 Å². The number of halogens is 3. The first-order valence-corrected chi connectivity index (χ1v) is 7.90. The molecule has 2 aromatic carbocycles. The fourth-order valence-corrected chi connectivity index (χ4v) is 2.20. The summed E-state index contributed by atoms with van der Waals surface area (Å²) in [6.45, 7) is -0.230. The molecular weight excluding hydrogens is 373 g/mol. The van der Waals surface area contributed by atoms with E-state index in [4.69, 9.17) is 34.8 Å². The maximum atomic E-state index is 11.9. The molecule has 0 spiro atoms. The Balaban J connectivity index is 1.82. The molecule has 0 radical (unpaired) electrons. The van der Waals surface area contributed by atoms with Crippen LogP contribution < -0.4 is 10.7 Å². The van der Waals surface area contributed by atoms with Crippen molar-refractivity contribution in [2.75, 3.05) is 6.54 Å². The predicted octanol–water partition coefficient (Wildman–Crippen LogP) is 3.53. The van der Waals surface area contributed by atoms with Crippen LogP contribution in [0.3, 0.4) is 0 Å². The van der Waals surface area contributed by atoms with E-state index in [1.54, 1.807) is 24.3 Å². The summed E-state index contributed by atoms with van der Waals surface area (Å²) in [6, 6.07) is 11.4. The Hall–Kier alpha value is -2.08. The number of amides is 2. The first-order valence-electron chi connectivity index (χ1n) is 6.76. The first-order chi connectivity index (χ1) is 11.5. The third-order valence-corrected chi connectivity index (χ3v) is 3.82. The molecule has 0 fully saturated rings. The Bertz CT molecular complexity index is 794. The van der Waals surface area contributed by atoms with Gasteiger partial charge in [0.05, 0.1) is 22.8 Å². The van der Waals surface area contributed by atoms with Gasteiger partial charge < -0.3 is 5.32 Å². The highest BCUT2D eigenvalue weighted by Crippen LogP contribution is 2.22. The molecule has 2 rings (SSSR count). The van der Waals surface area contributed by atoms with E-state index >= 15 is 0 Å². The van der Waals surface area contributed by atoms with Gasteiger partial charge >= 0.3 is 0 Å². The minimum atomic E-state index is -0.471. The van der Waals surface area contributed by atoms with Crippen LogP contribution in [-0.4, -0.2) is 24.6 Å². The number of hydrogen-bond acceptors (Lipinski definition) is 3. The molecular formula is C16H12Cl3N3O2. The molecule has 0 aliphatic heterocycles. The molecule has 0 atom stereocenters. The summed E-state index contributed by atoms with van der Waals surface area (Å²) < 4.78 is 0. The summed E-state index contributed by atoms with van der Waals surface area (Å²) in [6.07, 6.45) is 1.45. The number of carbonyl (C=O) groups excluding carboxylic acids is 2. The molecule has 2 amide bonds. The van der Waals surface area contributed by atoms with Crippen molar-refractivity contribution in [1.29, 1.82) is 0 Å². The fraction of sp³-hybridized carbons (Fsp3) is 0.0625. The Morgan fingerprint density at radius 2 is 1.83 bits per heavy atom. The Morgan fingerprint density at radius 3 is 2.54 bits per heavy atom. The molecule has 0 aliphatic carbocycles. The van der Waals surface area contributed by atoms with Crippen LogP contribution >= 0.6 is 34.8 Å². The van der Waals surface area contributed by atoms with E-state index < -0.39 is 11.8 Å². The molecule has 124 valence electrons. The Morgan fingerprint density at radius 1 is 1.04 bits per heavy atom. The van der Waals surface area contributed by atoms with Gasteiger partial charge in [-0.3, -0.25) is 9.59 Å². The van der Waals surface area contributed by atoms with Gasteiger partial charge in [0.2, 0.25) is 0 Å². The van der Waals surface area contributed by atoms with Crippen LogP contribution in [0.1, 0.15) is 15.9 Å². The van der Waals surface area contributed by atoms with Crippen molar-refractivity contribution in [1.82, 2.24) is 10.7 Å². The SMILES string of the molecule is O=C(CNC(=O)c1ccc(Cl)c(Cl)c1)N/N=C\c1cccc(Cl)c1. The van der Waals surface area contributed by atoms with Gasteiger partial charge in [-0.1, -0.05) is 46.9 Å². The molecule has 0 bridgehead atoms. The maximum Gasteiger partial charge on any atom is 0.259 e. The molecule has 0 heterocycles. The lowest BCUT2D eigenvalue weighted by Gasteiger charge is -2.05.